The lowest BCUT2D eigenvalue weighted by Gasteiger charge is -2.30. The van der Waals surface area contributed by atoms with Crippen molar-refractivity contribution in [2.24, 2.45) is 0 Å². The Labute approximate surface area is 205 Å². The molecule has 1 heterocycles. The zero-order valence-electron chi connectivity index (χ0n) is 20.0. The van der Waals surface area contributed by atoms with Crippen LogP contribution in [-0.2, 0) is 14.8 Å². The van der Waals surface area contributed by atoms with Crippen molar-refractivity contribution < 1.29 is 22.7 Å². The monoisotopic (exact) mass is 495 g/mol. The van der Waals surface area contributed by atoms with Crippen LogP contribution in [0.1, 0.15) is 21.5 Å². The molecule has 0 unspecified atom stereocenters. The topological polar surface area (TPSA) is 97.0 Å². The van der Waals surface area contributed by atoms with Gasteiger partial charge in [0.1, 0.15) is 10.6 Å². The van der Waals surface area contributed by atoms with Crippen molar-refractivity contribution in [3.63, 3.8) is 0 Å². The van der Waals surface area contributed by atoms with Gasteiger partial charge in [-0.05, 0) is 55.8 Å². The van der Waals surface area contributed by atoms with Gasteiger partial charge in [-0.2, -0.15) is 0 Å². The largest absolute Gasteiger partial charge is 0.495 e. The minimum Gasteiger partial charge on any atom is -0.495 e. The first-order valence-electron chi connectivity index (χ1n) is 11.3. The van der Waals surface area contributed by atoms with E-state index in [4.69, 9.17) is 9.47 Å². The van der Waals surface area contributed by atoms with E-state index in [1.165, 1.54) is 13.2 Å². The number of benzene rings is 3. The third kappa shape index (κ3) is 5.58. The van der Waals surface area contributed by atoms with Crippen molar-refractivity contribution >= 4 is 33.0 Å². The molecule has 3 aromatic rings. The summed E-state index contributed by atoms with van der Waals surface area (Å²) in [5.41, 5.74) is 3.59. The number of hydrogen-bond donors (Lipinski definition) is 2. The Hall–Kier alpha value is -3.56. The lowest BCUT2D eigenvalue weighted by Crippen LogP contribution is -2.37. The summed E-state index contributed by atoms with van der Waals surface area (Å²) < 4.78 is 40.6. The van der Waals surface area contributed by atoms with Gasteiger partial charge in [-0.25, -0.2) is 8.42 Å². The highest BCUT2D eigenvalue weighted by Crippen LogP contribution is 2.33. The Morgan fingerprint density at radius 3 is 2.49 bits per heavy atom. The number of rotatable bonds is 7. The highest BCUT2D eigenvalue weighted by atomic mass is 32.2. The van der Waals surface area contributed by atoms with Crippen LogP contribution >= 0.6 is 0 Å². The number of aryl methyl sites for hydroxylation is 2. The molecule has 0 spiro atoms. The molecule has 35 heavy (non-hydrogen) atoms. The number of hydrogen-bond acceptors (Lipinski definition) is 6. The number of carbonyl (C=O) groups is 1. The predicted octanol–water partition coefficient (Wildman–Crippen LogP) is 4.20. The van der Waals surface area contributed by atoms with E-state index in [0.29, 0.717) is 54.7 Å². The first-order valence-corrected chi connectivity index (χ1v) is 12.8. The maximum atomic E-state index is 13.6. The minimum absolute atomic E-state index is 0.0593. The predicted molar refractivity (Wildman–Crippen MR) is 137 cm³/mol. The third-order valence-corrected chi connectivity index (χ3v) is 7.24. The molecule has 1 aliphatic heterocycles. The fourth-order valence-corrected chi connectivity index (χ4v) is 5.30. The maximum Gasteiger partial charge on any atom is 0.264 e. The molecule has 1 fully saturated rings. The fraction of sp³-hybridized carbons (Fsp3) is 0.269. The van der Waals surface area contributed by atoms with E-state index >= 15 is 0 Å². The number of anilines is 3. The fourth-order valence-electron chi connectivity index (χ4n) is 3.98. The lowest BCUT2D eigenvalue weighted by atomic mass is 10.0. The van der Waals surface area contributed by atoms with Crippen LogP contribution in [0.25, 0.3) is 0 Å². The van der Waals surface area contributed by atoms with Crippen LogP contribution in [0.5, 0.6) is 5.75 Å². The second-order valence-corrected chi connectivity index (χ2v) is 10.0. The SMILES string of the molecule is COc1ccccc1NS(=O)(=O)c1cc(NC(=O)c2cc(C)ccc2C)ccc1N1CCOCC1. The van der Waals surface area contributed by atoms with Gasteiger partial charge in [0.2, 0.25) is 0 Å². The van der Waals surface area contributed by atoms with Crippen molar-refractivity contribution in [1.29, 1.82) is 0 Å². The van der Waals surface area contributed by atoms with Crippen molar-refractivity contribution in [3.8, 4) is 5.75 Å². The van der Waals surface area contributed by atoms with Crippen molar-refractivity contribution in [2.45, 2.75) is 18.7 Å². The molecule has 1 amide bonds. The van der Waals surface area contributed by atoms with Crippen molar-refractivity contribution in [3.05, 3.63) is 77.4 Å². The van der Waals surface area contributed by atoms with Crippen LogP contribution in [0.4, 0.5) is 17.1 Å². The molecule has 9 heteroatoms. The molecule has 0 bridgehead atoms. The number of ether oxygens (including phenoxy) is 2. The highest BCUT2D eigenvalue weighted by Gasteiger charge is 2.25. The van der Waals surface area contributed by atoms with Crippen LogP contribution in [-0.4, -0.2) is 47.7 Å². The second-order valence-electron chi connectivity index (χ2n) is 8.36. The molecule has 8 nitrogen and oxygen atoms in total. The number of nitrogens with one attached hydrogen (secondary N) is 2. The first-order chi connectivity index (χ1) is 16.8. The summed E-state index contributed by atoms with van der Waals surface area (Å²) in [5, 5.41) is 2.86. The van der Waals surface area contributed by atoms with Gasteiger partial charge in [0.25, 0.3) is 15.9 Å². The maximum absolute atomic E-state index is 13.6. The van der Waals surface area contributed by atoms with E-state index in [-0.39, 0.29) is 10.8 Å². The summed E-state index contributed by atoms with van der Waals surface area (Å²) >= 11 is 0. The summed E-state index contributed by atoms with van der Waals surface area (Å²) in [6, 6.07) is 17.4. The van der Waals surface area contributed by atoms with E-state index in [9.17, 15) is 13.2 Å². The second kappa shape index (κ2) is 10.4. The number of amides is 1. The molecular weight excluding hydrogens is 466 g/mol. The average Bonchev–Trinajstić information content (AvgIpc) is 2.86. The van der Waals surface area contributed by atoms with Gasteiger partial charge in [-0.1, -0.05) is 29.8 Å². The zero-order valence-corrected chi connectivity index (χ0v) is 20.8. The van der Waals surface area contributed by atoms with Gasteiger partial charge < -0.3 is 19.7 Å². The van der Waals surface area contributed by atoms with Crippen LogP contribution in [0.2, 0.25) is 0 Å². The molecular formula is C26H29N3O5S. The van der Waals surface area contributed by atoms with E-state index in [1.54, 1.807) is 36.4 Å². The molecule has 0 saturated carbocycles. The molecule has 0 aromatic heterocycles. The molecule has 1 saturated heterocycles. The van der Waals surface area contributed by atoms with Gasteiger partial charge in [0.05, 0.1) is 31.7 Å². The Kier molecular flexibility index (Phi) is 7.28. The van der Waals surface area contributed by atoms with E-state index in [2.05, 4.69) is 10.0 Å². The minimum atomic E-state index is -4.03. The number of para-hydroxylation sites is 2. The van der Waals surface area contributed by atoms with E-state index in [0.717, 1.165) is 11.1 Å². The van der Waals surface area contributed by atoms with Crippen LogP contribution in [0.15, 0.2) is 65.6 Å². The first kappa shape index (κ1) is 24.6. The number of methoxy groups -OCH3 is 1. The summed E-state index contributed by atoms with van der Waals surface area (Å²) in [4.78, 5) is 15.0. The molecule has 2 N–H and O–H groups in total. The van der Waals surface area contributed by atoms with Gasteiger partial charge in [0, 0.05) is 24.3 Å². The van der Waals surface area contributed by atoms with Gasteiger partial charge >= 0.3 is 0 Å². The Bertz CT molecular complexity index is 1330. The smallest absolute Gasteiger partial charge is 0.264 e. The van der Waals surface area contributed by atoms with Crippen LogP contribution in [0.3, 0.4) is 0 Å². The van der Waals surface area contributed by atoms with Crippen molar-refractivity contribution in [2.75, 3.05) is 48.4 Å². The number of sulfonamides is 1. The van der Waals surface area contributed by atoms with Crippen molar-refractivity contribution in [1.82, 2.24) is 0 Å². The molecule has 3 aromatic carbocycles. The van der Waals surface area contributed by atoms with Gasteiger partial charge in [-0.15, -0.1) is 0 Å². The highest BCUT2D eigenvalue weighted by molar-refractivity contribution is 7.93. The van der Waals surface area contributed by atoms with Gasteiger partial charge in [-0.3, -0.25) is 9.52 Å². The Morgan fingerprint density at radius 1 is 1.00 bits per heavy atom. The summed E-state index contributed by atoms with van der Waals surface area (Å²) in [6.07, 6.45) is 0. The average molecular weight is 496 g/mol. The van der Waals surface area contributed by atoms with Gasteiger partial charge in [0.15, 0.2) is 0 Å². The number of carbonyl (C=O) groups excluding carboxylic acids is 1. The van der Waals surface area contributed by atoms with Crippen LogP contribution in [0, 0.1) is 13.8 Å². The van der Waals surface area contributed by atoms with E-state index < -0.39 is 10.0 Å². The zero-order chi connectivity index (χ0) is 25.0. The molecule has 184 valence electrons. The normalized spacial score (nSPS) is 13.9. The molecule has 4 rings (SSSR count). The molecule has 0 aliphatic carbocycles. The summed E-state index contributed by atoms with van der Waals surface area (Å²) in [7, 11) is -2.55. The number of morpholine rings is 1. The standard InChI is InChI=1S/C26H29N3O5S/c1-18-8-9-19(2)21(16-18)26(30)27-20-10-11-23(29-12-14-34-15-13-29)25(17-20)35(31,32)28-22-6-4-5-7-24(22)33-3/h4-11,16-17,28H,12-15H2,1-3H3,(H,27,30). The summed E-state index contributed by atoms with van der Waals surface area (Å²) in [6.45, 7) is 5.91. The molecule has 0 atom stereocenters. The van der Waals surface area contributed by atoms with Crippen LogP contribution < -0.4 is 19.7 Å². The summed E-state index contributed by atoms with van der Waals surface area (Å²) in [5.74, 6) is 0.106. The van der Waals surface area contributed by atoms with E-state index in [1.807, 2.05) is 36.9 Å². The molecule has 0 radical (unpaired) electrons. The Morgan fingerprint density at radius 2 is 1.74 bits per heavy atom. The molecule has 1 aliphatic rings. The lowest BCUT2D eigenvalue weighted by molar-refractivity contribution is 0.102. The third-order valence-electron chi connectivity index (χ3n) is 5.85. The Balaban J connectivity index is 1.72. The number of nitrogens with zero attached hydrogens (tertiary/aromatic N) is 1. The quantitative estimate of drug-likeness (QED) is 0.510.